The molecule has 1 rings (SSSR count). The second-order valence-electron chi connectivity index (χ2n) is 4.27. The fraction of sp³-hybridized carbons (Fsp3) is 0.462. The number of nitrogens with two attached hydrogens (primary N) is 1. The fourth-order valence-corrected chi connectivity index (χ4v) is 1.47. The van der Waals surface area contributed by atoms with Gasteiger partial charge in [0.25, 0.3) is 0 Å². The number of amides is 1. The van der Waals surface area contributed by atoms with Gasteiger partial charge in [0.15, 0.2) is 0 Å². The van der Waals surface area contributed by atoms with Gasteiger partial charge in [-0.1, -0.05) is 39.0 Å². The van der Waals surface area contributed by atoms with Crippen molar-refractivity contribution in [2.24, 2.45) is 11.7 Å². The van der Waals surface area contributed by atoms with Crippen LogP contribution in [0.15, 0.2) is 24.3 Å². The Bertz CT molecular complexity index is 361. The molecular formula is C13H20N2O. The van der Waals surface area contributed by atoms with E-state index >= 15 is 0 Å². The molecule has 1 amide bonds. The van der Waals surface area contributed by atoms with Gasteiger partial charge in [-0.2, -0.15) is 0 Å². The van der Waals surface area contributed by atoms with Crippen molar-refractivity contribution in [2.75, 3.05) is 5.32 Å². The van der Waals surface area contributed by atoms with Gasteiger partial charge < -0.3 is 11.1 Å². The number of anilines is 1. The summed E-state index contributed by atoms with van der Waals surface area (Å²) in [6, 6.07) is 7.34. The fourth-order valence-electron chi connectivity index (χ4n) is 1.47. The molecule has 0 aromatic heterocycles. The van der Waals surface area contributed by atoms with Crippen molar-refractivity contribution in [3.05, 3.63) is 29.8 Å². The molecule has 0 radical (unpaired) electrons. The highest BCUT2D eigenvalue weighted by Crippen LogP contribution is 2.16. The highest BCUT2D eigenvalue weighted by atomic mass is 16.2. The number of carbonyl (C=O) groups excluding carboxylic acids is 1. The van der Waals surface area contributed by atoms with Gasteiger partial charge in [-0.25, -0.2) is 0 Å². The molecule has 0 aliphatic heterocycles. The van der Waals surface area contributed by atoms with Crippen molar-refractivity contribution in [1.82, 2.24) is 0 Å². The molecule has 0 spiro atoms. The van der Waals surface area contributed by atoms with Crippen LogP contribution in [0.25, 0.3) is 0 Å². The van der Waals surface area contributed by atoms with E-state index in [2.05, 4.69) is 12.2 Å². The van der Waals surface area contributed by atoms with Crippen molar-refractivity contribution in [3.63, 3.8) is 0 Å². The minimum Gasteiger partial charge on any atom is -0.324 e. The lowest BCUT2D eigenvalue weighted by molar-refractivity contribution is -0.118. The number of para-hydroxylation sites is 1. The molecule has 16 heavy (non-hydrogen) atoms. The summed E-state index contributed by atoms with van der Waals surface area (Å²) in [5.74, 6) is 0.0321. The number of hydrogen-bond donors (Lipinski definition) is 2. The molecule has 0 heterocycles. The van der Waals surface area contributed by atoms with E-state index in [0.717, 1.165) is 17.7 Å². The number of aryl methyl sites for hydroxylation is 1. The van der Waals surface area contributed by atoms with E-state index in [9.17, 15) is 4.79 Å². The molecule has 0 saturated heterocycles. The molecule has 1 aromatic carbocycles. The highest BCUT2D eigenvalue weighted by Gasteiger charge is 2.17. The Labute approximate surface area is 97.0 Å². The quantitative estimate of drug-likeness (QED) is 0.817. The van der Waals surface area contributed by atoms with E-state index in [1.165, 1.54) is 0 Å². The highest BCUT2D eigenvalue weighted by molar-refractivity contribution is 5.95. The van der Waals surface area contributed by atoms with Crippen LogP contribution < -0.4 is 11.1 Å². The number of carbonyl (C=O) groups is 1. The van der Waals surface area contributed by atoms with E-state index in [-0.39, 0.29) is 11.8 Å². The zero-order chi connectivity index (χ0) is 12.1. The first-order valence-corrected chi connectivity index (χ1v) is 5.70. The van der Waals surface area contributed by atoms with E-state index in [1.54, 1.807) is 0 Å². The predicted octanol–water partition coefficient (Wildman–Crippen LogP) is 2.17. The van der Waals surface area contributed by atoms with Gasteiger partial charge in [0.1, 0.15) is 0 Å². The Kier molecular flexibility index (Phi) is 4.50. The maximum absolute atomic E-state index is 11.8. The minimum absolute atomic E-state index is 0.115. The molecular weight excluding hydrogens is 200 g/mol. The second kappa shape index (κ2) is 5.66. The summed E-state index contributed by atoms with van der Waals surface area (Å²) in [5, 5.41) is 2.88. The Balaban J connectivity index is 2.76. The zero-order valence-corrected chi connectivity index (χ0v) is 10.2. The summed E-state index contributed by atoms with van der Waals surface area (Å²) in [6.45, 7) is 5.94. The number of hydrogen-bond acceptors (Lipinski definition) is 2. The van der Waals surface area contributed by atoms with Crippen LogP contribution in [-0.4, -0.2) is 11.9 Å². The standard InChI is InChI=1S/C13H20N2O/c1-4-10-7-5-6-8-11(10)15-13(16)12(14)9(2)3/h5-9,12H,4,14H2,1-3H3,(H,15,16)/t12-/m1/s1. The number of nitrogens with one attached hydrogen (secondary N) is 1. The van der Waals surface area contributed by atoms with Crippen molar-refractivity contribution in [1.29, 1.82) is 0 Å². The lowest BCUT2D eigenvalue weighted by Gasteiger charge is -2.16. The Hall–Kier alpha value is -1.35. The summed E-state index contributed by atoms with van der Waals surface area (Å²) in [6.07, 6.45) is 0.896. The zero-order valence-electron chi connectivity index (χ0n) is 10.2. The van der Waals surface area contributed by atoms with Crippen LogP contribution in [0.2, 0.25) is 0 Å². The largest absolute Gasteiger partial charge is 0.324 e. The molecule has 0 saturated carbocycles. The first-order chi connectivity index (χ1) is 7.56. The van der Waals surface area contributed by atoms with Crippen LogP contribution in [-0.2, 0) is 11.2 Å². The van der Waals surface area contributed by atoms with Crippen molar-refractivity contribution < 1.29 is 4.79 Å². The molecule has 3 N–H and O–H groups in total. The lowest BCUT2D eigenvalue weighted by atomic mass is 10.0. The Morgan fingerprint density at radius 3 is 2.56 bits per heavy atom. The summed E-state index contributed by atoms with van der Waals surface area (Å²) >= 11 is 0. The van der Waals surface area contributed by atoms with Crippen LogP contribution >= 0.6 is 0 Å². The number of benzene rings is 1. The monoisotopic (exact) mass is 220 g/mol. The molecule has 0 bridgehead atoms. The summed E-state index contributed by atoms with van der Waals surface area (Å²) < 4.78 is 0. The molecule has 1 aromatic rings. The van der Waals surface area contributed by atoms with Gasteiger partial charge in [-0.15, -0.1) is 0 Å². The first-order valence-electron chi connectivity index (χ1n) is 5.70. The molecule has 3 nitrogen and oxygen atoms in total. The normalized spacial score (nSPS) is 12.6. The average molecular weight is 220 g/mol. The van der Waals surface area contributed by atoms with Crippen LogP contribution in [0.3, 0.4) is 0 Å². The maximum Gasteiger partial charge on any atom is 0.241 e. The molecule has 0 aliphatic rings. The van der Waals surface area contributed by atoms with Gasteiger partial charge in [0.2, 0.25) is 5.91 Å². The third kappa shape index (κ3) is 3.07. The molecule has 0 fully saturated rings. The van der Waals surface area contributed by atoms with Crippen LogP contribution in [0.4, 0.5) is 5.69 Å². The minimum atomic E-state index is -0.454. The maximum atomic E-state index is 11.8. The van der Waals surface area contributed by atoms with E-state index < -0.39 is 6.04 Å². The topological polar surface area (TPSA) is 55.1 Å². The van der Waals surface area contributed by atoms with Crippen molar-refractivity contribution in [3.8, 4) is 0 Å². The van der Waals surface area contributed by atoms with Crippen molar-refractivity contribution in [2.45, 2.75) is 33.2 Å². The lowest BCUT2D eigenvalue weighted by Crippen LogP contribution is -2.39. The van der Waals surface area contributed by atoms with Crippen molar-refractivity contribution >= 4 is 11.6 Å². The molecule has 1 atom stereocenters. The average Bonchev–Trinajstić information content (AvgIpc) is 2.28. The van der Waals surface area contributed by atoms with Gasteiger partial charge in [0.05, 0.1) is 6.04 Å². The third-order valence-electron chi connectivity index (χ3n) is 2.68. The van der Waals surface area contributed by atoms with Gasteiger partial charge in [-0.3, -0.25) is 4.79 Å². The van der Waals surface area contributed by atoms with E-state index in [0.29, 0.717) is 0 Å². The summed E-state index contributed by atoms with van der Waals surface area (Å²) in [5.41, 5.74) is 7.79. The third-order valence-corrected chi connectivity index (χ3v) is 2.68. The Morgan fingerprint density at radius 1 is 1.38 bits per heavy atom. The van der Waals surface area contributed by atoms with E-state index in [1.807, 2.05) is 38.1 Å². The Morgan fingerprint density at radius 2 is 2.00 bits per heavy atom. The van der Waals surface area contributed by atoms with Gasteiger partial charge in [0, 0.05) is 5.69 Å². The van der Waals surface area contributed by atoms with Crippen LogP contribution in [0, 0.1) is 5.92 Å². The SMILES string of the molecule is CCc1ccccc1NC(=O)[C@H](N)C(C)C. The molecule has 0 unspecified atom stereocenters. The summed E-state index contributed by atoms with van der Waals surface area (Å²) in [4.78, 5) is 11.8. The molecule has 3 heteroatoms. The van der Waals surface area contributed by atoms with E-state index in [4.69, 9.17) is 5.73 Å². The van der Waals surface area contributed by atoms with Gasteiger partial charge in [-0.05, 0) is 24.0 Å². The molecule has 0 aliphatic carbocycles. The predicted molar refractivity (Wildman–Crippen MR) is 67.3 cm³/mol. The van der Waals surface area contributed by atoms with Crippen LogP contribution in [0.1, 0.15) is 26.3 Å². The van der Waals surface area contributed by atoms with Crippen LogP contribution in [0.5, 0.6) is 0 Å². The summed E-state index contributed by atoms with van der Waals surface area (Å²) in [7, 11) is 0. The van der Waals surface area contributed by atoms with Gasteiger partial charge >= 0.3 is 0 Å². The number of rotatable bonds is 4. The second-order valence-corrected chi connectivity index (χ2v) is 4.27. The first kappa shape index (κ1) is 12.7. The smallest absolute Gasteiger partial charge is 0.241 e. The molecule has 88 valence electrons.